The molecular weight excluding hydrogens is 432 g/mol. The van der Waals surface area contributed by atoms with Gasteiger partial charge in [0.2, 0.25) is 0 Å². The largest absolute Gasteiger partial charge is 0.297 e. The Balaban J connectivity index is 1.37. The Morgan fingerprint density at radius 1 is 0.800 bits per heavy atom. The number of aromatic nitrogens is 4. The molecule has 1 saturated heterocycles. The summed E-state index contributed by atoms with van der Waals surface area (Å²) in [5, 5.41) is 13.1. The van der Waals surface area contributed by atoms with E-state index in [1.165, 1.54) is 22.3 Å². The topological polar surface area (TPSA) is 50.1 Å². The molecule has 3 aromatic carbocycles. The molecule has 0 radical (unpaired) electrons. The van der Waals surface area contributed by atoms with Gasteiger partial charge in [0.05, 0.1) is 11.7 Å². The van der Waals surface area contributed by atoms with Gasteiger partial charge in [-0.15, -0.1) is 5.10 Å². The first-order valence-electron chi connectivity index (χ1n) is 12.3. The highest BCUT2D eigenvalue weighted by molar-refractivity contribution is 5.49. The van der Waals surface area contributed by atoms with E-state index in [1.807, 2.05) is 4.68 Å². The van der Waals surface area contributed by atoms with Gasteiger partial charge >= 0.3 is 0 Å². The second-order valence-corrected chi connectivity index (χ2v) is 9.15. The average molecular weight is 465 g/mol. The van der Waals surface area contributed by atoms with Crippen molar-refractivity contribution in [2.24, 2.45) is 0 Å². The van der Waals surface area contributed by atoms with Crippen molar-refractivity contribution in [1.82, 2.24) is 30.0 Å². The number of rotatable bonds is 7. The molecule has 1 aliphatic rings. The van der Waals surface area contributed by atoms with Gasteiger partial charge in [0, 0.05) is 32.7 Å². The van der Waals surface area contributed by atoms with Crippen molar-refractivity contribution in [3.63, 3.8) is 0 Å². The van der Waals surface area contributed by atoms with E-state index in [2.05, 4.69) is 130 Å². The third kappa shape index (κ3) is 5.24. The van der Waals surface area contributed by atoms with E-state index in [4.69, 9.17) is 0 Å². The molecule has 0 bridgehead atoms. The average Bonchev–Trinajstić information content (AvgIpc) is 3.35. The van der Waals surface area contributed by atoms with Crippen LogP contribution in [0, 0.1) is 13.8 Å². The zero-order chi connectivity index (χ0) is 24.0. The minimum atomic E-state index is -0.00721. The highest BCUT2D eigenvalue weighted by Crippen LogP contribution is 2.30. The molecule has 1 aliphatic heterocycles. The highest BCUT2D eigenvalue weighted by Gasteiger charge is 2.31. The molecule has 1 aromatic heterocycles. The lowest BCUT2D eigenvalue weighted by Gasteiger charge is -2.38. The van der Waals surface area contributed by atoms with Gasteiger partial charge in [-0.3, -0.25) is 9.80 Å². The van der Waals surface area contributed by atoms with E-state index in [0.29, 0.717) is 0 Å². The van der Waals surface area contributed by atoms with E-state index in [-0.39, 0.29) is 6.04 Å². The number of aryl methyl sites for hydroxylation is 2. The first-order chi connectivity index (χ1) is 17.2. The smallest absolute Gasteiger partial charge is 0.178 e. The molecule has 6 heteroatoms. The van der Waals surface area contributed by atoms with Gasteiger partial charge in [0.1, 0.15) is 0 Å². The van der Waals surface area contributed by atoms with Crippen LogP contribution in [0.25, 0.3) is 11.8 Å². The van der Waals surface area contributed by atoms with Crippen molar-refractivity contribution in [1.29, 1.82) is 0 Å². The summed E-state index contributed by atoms with van der Waals surface area (Å²) in [7, 11) is 0. The van der Waals surface area contributed by atoms with E-state index >= 15 is 0 Å². The highest BCUT2D eigenvalue weighted by atomic mass is 15.6. The fourth-order valence-electron chi connectivity index (χ4n) is 4.93. The number of tetrazole rings is 1. The fraction of sp³-hybridized carbons (Fsp3) is 0.276. The molecule has 0 spiro atoms. The Hall–Kier alpha value is -3.61. The van der Waals surface area contributed by atoms with Crippen LogP contribution < -0.4 is 0 Å². The van der Waals surface area contributed by atoms with Crippen molar-refractivity contribution < 1.29 is 0 Å². The van der Waals surface area contributed by atoms with Gasteiger partial charge in [-0.1, -0.05) is 91.0 Å². The summed E-state index contributed by atoms with van der Waals surface area (Å²) in [4.78, 5) is 5.02. The second-order valence-electron chi connectivity index (χ2n) is 9.15. The van der Waals surface area contributed by atoms with Gasteiger partial charge in [-0.05, 0) is 46.5 Å². The Bertz CT molecular complexity index is 1240. The summed E-state index contributed by atoms with van der Waals surface area (Å²) < 4.78 is 1.94. The molecule has 0 aliphatic carbocycles. The molecule has 0 N–H and O–H groups in total. The Labute approximate surface area is 207 Å². The maximum atomic E-state index is 4.56. The number of piperazine rings is 1. The number of benzene rings is 3. The van der Waals surface area contributed by atoms with Crippen LogP contribution in [0.4, 0.5) is 0 Å². The van der Waals surface area contributed by atoms with E-state index in [9.17, 15) is 0 Å². The van der Waals surface area contributed by atoms with Gasteiger partial charge in [0.25, 0.3) is 0 Å². The van der Waals surface area contributed by atoms with Crippen LogP contribution in [0.5, 0.6) is 0 Å². The van der Waals surface area contributed by atoms with Crippen molar-refractivity contribution in [2.45, 2.75) is 19.9 Å². The maximum Gasteiger partial charge on any atom is 0.178 e. The summed E-state index contributed by atoms with van der Waals surface area (Å²) in [6.45, 7) is 9.12. The Morgan fingerprint density at radius 2 is 1.46 bits per heavy atom. The third-order valence-electron chi connectivity index (χ3n) is 6.75. The van der Waals surface area contributed by atoms with Crippen LogP contribution in [-0.4, -0.2) is 62.7 Å². The first-order valence-corrected chi connectivity index (χ1v) is 12.3. The maximum absolute atomic E-state index is 4.56. The number of nitrogens with zero attached hydrogens (tertiary/aromatic N) is 6. The summed E-state index contributed by atoms with van der Waals surface area (Å²) in [6, 6.07) is 27.4. The van der Waals surface area contributed by atoms with Crippen LogP contribution in [0.2, 0.25) is 0 Å². The summed E-state index contributed by atoms with van der Waals surface area (Å²) >= 11 is 0. The van der Waals surface area contributed by atoms with Crippen molar-refractivity contribution >= 4 is 6.08 Å². The summed E-state index contributed by atoms with van der Waals surface area (Å²) in [6.07, 6.45) is 4.47. The molecule has 0 unspecified atom stereocenters. The van der Waals surface area contributed by atoms with Gasteiger partial charge < -0.3 is 0 Å². The summed E-state index contributed by atoms with van der Waals surface area (Å²) in [5.41, 5.74) is 5.86. The molecule has 4 aromatic rings. The molecule has 0 amide bonds. The standard InChI is InChI=1S/C29H32N6/c1-23-11-9-12-24(2)27(23)35-29(30-31-32-35)28(26-16-7-4-8-17-26)34-21-19-33(20-22-34)18-10-15-25-13-5-3-6-14-25/h3-17,28H,18-22H2,1-2H3/t28-/m1/s1. The van der Waals surface area contributed by atoms with E-state index < -0.39 is 0 Å². The van der Waals surface area contributed by atoms with Crippen LogP contribution in [-0.2, 0) is 0 Å². The predicted octanol–water partition coefficient (Wildman–Crippen LogP) is 4.70. The van der Waals surface area contributed by atoms with Crippen molar-refractivity contribution in [2.75, 3.05) is 32.7 Å². The number of para-hydroxylation sites is 1. The molecule has 1 fully saturated rings. The fourth-order valence-corrected chi connectivity index (χ4v) is 4.93. The molecule has 5 rings (SSSR count). The first kappa shape index (κ1) is 23.1. The van der Waals surface area contributed by atoms with Crippen LogP contribution in [0.3, 0.4) is 0 Å². The Morgan fingerprint density at radius 3 is 2.14 bits per heavy atom. The van der Waals surface area contributed by atoms with E-state index in [0.717, 1.165) is 44.2 Å². The molecule has 6 nitrogen and oxygen atoms in total. The van der Waals surface area contributed by atoms with Gasteiger partial charge in [0.15, 0.2) is 5.82 Å². The Kier molecular flexibility index (Phi) is 7.12. The lowest BCUT2D eigenvalue weighted by Crippen LogP contribution is -2.48. The lowest BCUT2D eigenvalue weighted by atomic mass is 10.0. The lowest BCUT2D eigenvalue weighted by molar-refractivity contribution is 0.113. The minimum absolute atomic E-state index is 0.00721. The third-order valence-corrected chi connectivity index (χ3v) is 6.75. The van der Waals surface area contributed by atoms with Gasteiger partial charge in [-0.25, -0.2) is 0 Å². The molecule has 35 heavy (non-hydrogen) atoms. The van der Waals surface area contributed by atoms with Crippen molar-refractivity contribution in [3.05, 3.63) is 113 Å². The van der Waals surface area contributed by atoms with Crippen LogP contribution in [0.1, 0.15) is 34.1 Å². The quantitative estimate of drug-likeness (QED) is 0.397. The molecule has 0 saturated carbocycles. The number of hydrogen-bond acceptors (Lipinski definition) is 5. The predicted molar refractivity (Wildman–Crippen MR) is 140 cm³/mol. The monoisotopic (exact) mass is 464 g/mol. The number of hydrogen-bond donors (Lipinski definition) is 0. The normalized spacial score (nSPS) is 16.1. The zero-order valence-electron chi connectivity index (χ0n) is 20.5. The van der Waals surface area contributed by atoms with E-state index in [1.54, 1.807) is 0 Å². The van der Waals surface area contributed by atoms with Crippen molar-refractivity contribution in [3.8, 4) is 5.69 Å². The minimum Gasteiger partial charge on any atom is -0.297 e. The van der Waals surface area contributed by atoms with Crippen LogP contribution >= 0.6 is 0 Å². The second kappa shape index (κ2) is 10.8. The van der Waals surface area contributed by atoms with Gasteiger partial charge in [-0.2, -0.15) is 4.68 Å². The van der Waals surface area contributed by atoms with Crippen LogP contribution in [0.15, 0.2) is 84.9 Å². The SMILES string of the molecule is Cc1cccc(C)c1-n1nnnc1[C@@H](c1ccccc1)N1CCN(CC=Cc2ccccc2)CC1. The molecule has 2 heterocycles. The molecular formula is C29H32N6. The summed E-state index contributed by atoms with van der Waals surface area (Å²) in [5.74, 6) is 0.867. The molecule has 178 valence electrons. The molecule has 1 atom stereocenters. The zero-order valence-corrected chi connectivity index (χ0v) is 20.5.